The molecule has 0 aliphatic rings. The van der Waals surface area contributed by atoms with E-state index < -0.39 is 22.5 Å². The minimum absolute atomic E-state index is 0.392. The van der Waals surface area contributed by atoms with Crippen LogP contribution in [0.4, 0.5) is 5.69 Å². The van der Waals surface area contributed by atoms with Gasteiger partial charge in [0.05, 0.1) is 36.9 Å². The minimum Gasteiger partial charge on any atom is -0.493 e. The van der Waals surface area contributed by atoms with Crippen LogP contribution in [0.1, 0.15) is 11.1 Å². The fourth-order valence-corrected chi connectivity index (χ4v) is 4.12. The first-order valence-corrected chi connectivity index (χ1v) is 11.1. The third-order valence-corrected chi connectivity index (χ3v) is 5.65. The third kappa shape index (κ3) is 5.94. The van der Waals surface area contributed by atoms with E-state index in [0.717, 1.165) is 16.1 Å². The average molecular weight is 484 g/mol. The topological polar surface area (TPSA) is 97.3 Å². The van der Waals surface area contributed by atoms with Gasteiger partial charge in [-0.3, -0.25) is 9.10 Å². The number of amides is 1. The van der Waals surface area contributed by atoms with Crippen molar-refractivity contribution in [2.75, 3.05) is 31.3 Å². The first-order chi connectivity index (χ1) is 13.7. The van der Waals surface area contributed by atoms with Crippen molar-refractivity contribution in [3.05, 3.63) is 52.0 Å². The number of hydrogen-bond acceptors (Lipinski definition) is 6. The highest BCUT2D eigenvalue weighted by atomic mass is 79.9. The van der Waals surface area contributed by atoms with Crippen molar-refractivity contribution in [2.24, 2.45) is 5.10 Å². The summed E-state index contributed by atoms with van der Waals surface area (Å²) >= 11 is 3.38. The standard InChI is InChI=1S/C19H22BrN3O5S/c1-13-7-5-6-8-16(13)23(29(4,25)26)12-18(24)22-21-11-14-9-15(20)19(28-3)17(10-14)27-2/h5-11H,12H2,1-4H3,(H,22,24)/b21-11-. The van der Waals surface area contributed by atoms with Gasteiger partial charge in [0.25, 0.3) is 5.91 Å². The molecule has 0 spiro atoms. The molecule has 0 radical (unpaired) electrons. The van der Waals surface area contributed by atoms with Crippen LogP contribution in [0, 0.1) is 6.92 Å². The molecule has 1 N–H and O–H groups in total. The number of para-hydroxylation sites is 1. The number of ether oxygens (including phenoxy) is 2. The van der Waals surface area contributed by atoms with E-state index >= 15 is 0 Å². The molecule has 29 heavy (non-hydrogen) atoms. The largest absolute Gasteiger partial charge is 0.493 e. The lowest BCUT2D eigenvalue weighted by Crippen LogP contribution is -2.39. The number of sulfonamides is 1. The van der Waals surface area contributed by atoms with Crippen molar-refractivity contribution in [3.63, 3.8) is 0 Å². The molecule has 0 heterocycles. The van der Waals surface area contributed by atoms with Gasteiger partial charge in [-0.25, -0.2) is 13.8 Å². The predicted molar refractivity (Wildman–Crippen MR) is 116 cm³/mol. The van der Waals surface area contributed by atoms with Gasteiger partial charge in [0.2, 0.25) is 10.0 Å². The van der Waals surface area contributed by atoms with Crippen LogP contribution >= 0.6 is 15.9 Å². The van der Waals surface area contributed by atoms with Crippen LogP contribution in [0.15, 0.2) is 46.0 Å². The van der Waals surface area contributed by atoms with E-state index in [2.05, 4.69) is 26.5 Å². The van der Waals surface area contributed by atoms with Gasteiger partial charge >= 0.3 is 0 Å². The van der Waals surface area contributed by atoms with Gasteiger partial charge in [0, 0.05) is 0 Å². The van der Waals surface area contributed by atoms with Crippen LogP contribution in [0.3, 0.4) is 0 Å². The highest BCUT2D eigenvalue weighted by molar-refractivity contribution is 9.10. The molecule has 0 aliphatic heterocycles. The summed E-state index contributed by atoms with van der Waals surface area (Å²) in [4.78, 5) is 12.3. The molecule has 2 rings (SSSR count). The molecule has 1 amide bonds. The van der Waals surface area contributed by atoms with Gasteiger partial charge in [-0.2, -0.15) is 5.10 Å². The summed E-state index contributed by atoms with van der Waals surface area (Å²) in [6, 6.07) is 10.4. The Morgan fingerprint density at radius 3 is 2.52 bits per heavy atom. The Morgan fingerprint density at radius 1 is 1.24 bits per heavy atom. The number of methoxy groups -OCH3 is 2. The lowest BCUT2D eigenvalue weighted by molar-refractivity contribution is -0.119. The Balaban J connectivity index is 2.14. The van der Waals surface area contributed by atoms with Crippen LogP contribution in [0.25, 0.3) is 0 Å². The zero-order chi connectivity index (χ0) is 21.6. The van der Waals surface area contributed by atoms with E-state index in [4.69, 9.17) is 9.47 Å². The lowest BCUT2D eigenvalue weighted by atomic mass is 10.2. The van der Waals surface area contributed by atoms with Gasteiger partial charge in [-0.1, -0.05) is 18.2 Å². The van der Waals surface area contributed by atoms with Crippen molar-refractivity contribution < 1.29 is 22.7 Å². The van der Waals surface area contributed by atoms with Crippen LogP contribution in [0.5, 0.6) is 11.5 Å². The fourth-order valence-electron chi connectivity index (χ4n) is 2.58. The zero-order valence-electron chi connectivity index (χ0n) is 16.5. The third-order valence-electron chi connectivity index (χ3n) is 3.93. The maximum Gasteiger partial charge on any atom is 0.260 e. The maximum atomic E-state index is 12.3. The molecule has 0 aromatic heterocycles. The van der Waals surface area contributed by atoms with Crippen LogP contribution in [-0.2, 0) is 14.8 Å². The molecule has 2 aromatic rings. The fraction of sp³-hybridized carbons (Fsp3) is 0.263. The number of nitrogens with one attached hydrogen (secondary N) is 1. The van der Waals surface area contributed by atoms with Gasteiger partial charge in [0.15, 0.2) is 11.5 Å². The first-order valence-electron chi connectivity index (χ1n) is 8.44. The number of carbonyl (C=O) groups excluding carboxylic acids is 1. The number of nitrogens with zero attached hydrogens (tertiary/aromatic N) is 2. The molecule has 0 fully saturated rings. The maximum absolute atomic E-state index is 12.3. The number of aryl methyl sites for hydroxylation is 1. The van der Waals surface area contributed by atoms with Gasteiger partial charge in [0.1, 0.15) is 6.54 Å². The highest BCUT2D eigenvalue weighted by Gasteiger charge is 2.22. The summed E-state index contributed by atoms with van der Waals surface area (Å²) in [5, 5.41) is 3.90. The molecule has 2 aromatic carbocycles. The summed E-state index contributed by atoms with van der Waals surface area (Å²) in [5.41, 5.74) is 4.18. The quantitative estimate of drug-likeness (QED) is 0.459. The second kappa shape index (κ2) is 9.75. The smallest absolute Gasteiger partial charge is 0.260 e. The van der Waals surface area contributed by atoms with E-state index in [1.165, 1.54) is 20.4 Å². The molecule has 156 valence electrons. The number of hydrogen-bond donors (Lipinski definition) is 1. The number of hydrazone groups is 1. The number of benzene rings is 2. The minimum atomic E-state index is -3.65. The summed E-state index contributed by atoms with van der Waals surface area (Å²) in [6.07, 6.45) is 2.47. The van der Waals surface area contributed by atoms with Gasteiger partial charge < -0.3 is 9.47 Å². The Kier molecular flexibility index (Phi) is 7.63. The molecule has 0 bridgehead atoms. The van der Waals surface area contributed by atoms with Crippen LogP contribution in [-0.4, -0.2) is 47.6 Å². The molecule has 0 atom stereocenters. The van der Waals surface area contributed by atoms with E-state index in [-0.39, 0.29) is 0 Å². The van der Waals surface area contributed by atoms with E-state index in [0.29, 0.717) is 27.2 Å². The molecule has 0 unspecified atom stereocenters. The highest BCUT2D eigenvalue weighted by Crippen LogP contribution is 2.35. The van der Waals surface area contributed by atoms with Crippen molar-refractivity contribution in [1.29, 1.82) is 0 Å². The number of rotatable bonds is 8. The summed E-state index contributed by atoms with van der Waals surface area (Å²) in [5.74, 6) is 0.461. The molecular formula is C19H22BrN3O5S. The van der Waals surface area contributed by atoms with E-state index in [1.807, 2.05) is 0 Å². The second-order valence-corrected chi connectivity index (χ2v) is 8.85. The molecule has 0 aliphatic carbocycles. The molecular weight excluding hydrogens is 462 g/mol. The van der Waals surface area contributed by atoms with Gasteiger partial charge in [-0.05, 0) is 52.2 Å². The molecule has 8 nitrogen and oxygen atoms in total. The predicted octanol–water partition coefficient (Wildman–Crippen LogP) is 2.69. The van der Waals surface area contributed by atoms with Crippen LogP contribution in [0.2, 0.25) is 0 Å². The normalized spacial score (nSPS) is 11.3. The lowest BCUT2D eigenvalue weighted by Gasteiger charge is -2.23. The number of carbonyl (C=O) groups is 1. The monoisotopic (exact) mass is 483 g/mol. The van der Waals surface area contributed by atoms with Crippen molar-refractivity contribution >= 4 is 43.8 Å². The summed E-state index contributed by atoms with van der Waals surface area (Å²) in [7, 11) is -0.612. The average Bonchev–Trinajstić information content (AvgIpc) is 2.65. The molecule has 0 saturated heterocycles. The molecule has 10 heteroatoms. The number of anilines is 1. The number of halogens is 1. The Morgan fingerprint density at radius 2 is 1.93 bits per heavy atom. The van der Waals surface area contributed by atoms with Crippen molar-refractivity contribution in [2.45, 2.75) is 6.92 Å². The van der Waals surface area contributed by atoms with Crippen molar-refractivity contribution in [3.8, 4) is 11.5 Å². The van der Waals surface area contributed by atoms with Crippen molar-refractivity contribution in [1.82, 2.24) is 5.43 Å². The SMILES string of the molecule is COc1cc(/C=N\NC(=O)CN(c2ccccc2C)S(C)(=O)=O)cc(Br)c1OC. The zero-order valence-corrected chi connectivity index (χ0v) is 18.9. The second-order valence-electron chi connectivity index (χ2n) is 6.09. The van der Waals surface area contributed by atoms with Crippen LogP contribution < -0.4 is 19.2 Å². The Bertz CT molecular complexity index is 1020. The van der Waals surface area contributed by atoms with E-state index in [1.54, 1.807) is 43.3 Å². The summed E-state index contributed by atoms with van der Waals surface area (Å²) in [6.45, 7) is 1.38. The summed E-state index contributed by atoms with van der Waals surface area (Å²) < 4.78 is 36.5. The Labute approximate surface area is 178 Å². The molecule has 0 saturated carbocycles. The van der Waals surface area contributed by atoms with E-state index in [9.17, 15) is 13.2 Å². The first kappa shape index (κ1) is 22.7. The van der Waals surface area contributed by atoms with Gasteiger partial charge in [-0.15, -0.1) is 0 Å². The Hall–Kier alpha value is -2.59.